The number of nitrogens with zero attached hydrogens (tertiary/aromatic N) is 3. The van der Waals surface area contributed by atoms with Crippen molar-refractivity contribution >= 4 is 40.8 Å². The summed E-state index contributed by atoms with van der Waals surface area (Å²) in [4.78, 5) is 21.4. The smallest absolute Gasteiger partial charge is 0.350 e. The minimum atomic E-state index is -0.280. The third-order valence-corrected chi connectivity index (χ3v) is 6.44. The van der Waals surface area contributed by atoms with E-state index in [1.54, 1.807) is 17.0 Å². The molecule has 28 heavy (non-hydrogen) atoms. The number of amidine groups is 1. The molecule has 0 bridgehead atoms. The van der Waals surface area contributed by atoms with E-state index in [-0.39, 0.29) is 12.1 Å². The highest BCUT2D eigenvalue weighted by Crippen LogP contribution is 2.38. The van der Waals surface area contributed by atoms with Crippen LogP contribution in [0.15, 0.2) is 53.5 Å². The van der Waals surface area contributed by atoms with Gasteiger partial charge in [-0.05, 0) is 36.6 Å². The fourth-order valence-corrected chi connectivity index (χ4v) is 4.49. The summed E-state index contributed by atoms with van der Waals surface area (Å²) in [7, 11) is 2.07. The number of hydrogen-bond donors (Lipinski definition) is 0. The molecule has 2 aromatic carbocycles. The van der Waals surface area contributed by atoms with Crippen LogP contribution in [0.1, 0.15) is 43.7 Å². The molecule has 146 valence electrons. The van der Waals surface area contributed by atoms with E-state index in [1.807, 2.05) is 36.4 Å². The molecule has 2 aliphatic rings. The Balaban J connectivity index is 1.74. The molecule has 2 aromatic rings. The Morgan fingerprint density at radius 2 is 1.71 bits per heavy atom. The lowest BCUT2D eigenvalue weighted by molar-refractivity contribution is 0.255. The van der Waals surface area contributed by atoms with Crippen molar-refractivity contribution in [3.05, 3.63) is 64.1 Å². The number of carbonyl (C=O) groups is 1. The fourth-order valence-electron chi connectivity index (χ4n) is 4.19. The number of urea groups is 1. The number of aliphatic imine (C=N–C) groups is 1. The topological polar surface area (TPSA) is 35.9 Å². The molecule has 6 heteroatoms. The van der Waals surface area contributed by atoms with Crippen molar-refractivity contribution in [2.45, 2.75) is 44.2 Å². The van der Waals surface area contributed by atoms with Gasteiger partial charge in [0.05, 0.1) is 10.0 Å². The normalized spacial score (nSPS) is 20.4. The minimum absolute atomic E-state index is 0.273. The van der Waals surface area contributed by atoms with Gasteiger partial charge in [-0.15, -0.1) is 0 Å². The number of hydrogen-bond acceptors (Lipinski definition) is 2. The first-order chi connectivity index (χ1) is 13.6. The summed E-state index contributed by atoms with van der Waals surface area (Å²) in [5.41, 5.74) is 1.73. The molecule has 1 aliphatic carbocycles. The van der Waals surface area contributed by atoms with E-state index in [9.17, 15) is 4.79 Å². The zero-order valence-electron chi connectivity index (χ0n) is 15.8. The standard InChI is InChI=1S/C22H23Cl2N3O/c1-26(16-10-6-3-7-11-16)21-20(15-8-4-2-5-9-15)27(22(28)25-21)17-12-13-18(23)19(24)14-17/h2,4-5,8-9,12-14,16,20H,3,6-7,10-11H2,1H3. The van der Waals surface area contributed by atoms with E-state index in [0.717, 1.165) is 24.2 Å². The number of amides is 2. The third kappa shape index (κ3) is 3.63. The molecule has 0 N–H and O–H groups in total. The molecule has 0 spiro atoms. The predicted molar refractivity (Wildman–Crippen MR) is 116 cm³/mol. The minimum Gasteiger partial charge on any atom is -0.358 e. The van der Waals surface area contributed by atoms with Crippen LogP contribution in [0.3, 0.4) is 0 Å². The van der Waals surface area contributed by atoms with Gasteiger partial charge < -0.3 is 4.90 Å². The number of likely N-dealkylation sites (N-methyl/N-ethyl adjacent to an activating group) is 1. The number of rotatable bonds is 3. The van der Waals surface area contributed by atoms with Gasteiger partial charge in [0, 0.05) is 18.8 Å². The summed E-state index contributed by atoms with van der Waals surface area (Å²) >= 11 is 12.3. The van der Waals surface area contributed by atoms with E-state index < -0.39 is 0 Å². The van der Waals surface area contributed by atoms with Gasteiger partial charge >= 0.3 is 6.03 Å². The van der Waals surface area contributed by atoms with Crippen molar-refractivity contribution in [1.29, 1.82) is 0 Å². The number of carbonyl (C=O) groups excluding carboxylic acids is 1. The Morgan fingerprint density at radius 3 is 2.39 bits per heavy atom. The second kappa shape index (κ2) is 8.14. The van der Waals surface area contributed by atoms with Crippen molar-refractivity contribution in [1.82, 2.24) is 4.90 Å². The monoisotopic (exact) mass is 415 g/mol. The lowest BCUT2D eigenvalue weighted by Crippen LogP contribution is -2.43. The summed E-state index contributed by atoms with van der Waals surface area (Å²) in [6.07, 6.45) is 6.01. The van der Waals surface area contributed by atoms with Crippen LogP contribution >= 0.6 is 23.2 Å². The summed E-state index contributed by atoms with van der Waals surface area (Å²) in [5, 5.41) is 0.890. The molecule has 4 rings (SSSR count). The molecule has 0 aromatic heterocycles. The van der Waals surface area contributed by atoms with Crippen LogP contribution in [0, 0.1) is 0 Å². The molecule has 2 amide bonds. The van der Waals surface area contributed by atoms with Gasteiger partial charge in [0.2, 0.25) is 0 Å². The van der Waals surface area contributed by atoms with Gasteiger partial charge in [-0.25, -0.2) is 4.79 Å². The molecular formula is C22H23Cl2N3O. The van der Waals surface area contributed by atoms with E-state index in [2.05, 4.69) is 16.9 Å². The van der Waals surface area contributed by atoms with E-state index in [4.69, 9.17) is 23.2 Å². The zero-order chi connectivity index (χ0) is 19.7. The molecule has 0 saturated heterocycles. The maximum atomic E-state index is 13.0. The van der Waals surface area contributed by atoms with Crippen LogP contribution < -0.4 is 4.90 Å². The largest absolute Gasteiger partial charge is 0.358 e. The van der Waals surface area contributed by atoms with Crippen LogP contribution in [0.2, 0.25) is 10.0 Å². The Hall–Kier alpha value is -2.04. The van der Waals surface area contributed by atoms with Gasteiger partial charge in [0.1, 0.15) is 11.9 Å². The van der Waals surface area contributed by atoms with E-state index >= 15 is 0 Å². The van der Waals surface area contributed by atoms with Crippen LogP contribution in [0.5, 0.6) is 0 Å². The molecule has 1 heterocycles. The quantitative estimate of drug-likeness (QED) is 0.586. The zero-order valence-corrected chi connectivity index (χ0v) is 17.3. The van der Waals surface area contributed by atoms with Gasteiger partial charge in [0.25, 0.3) is 0 Å². The van der Waals surface area contributed by atoms with Gasteiger partial charge in [0.15, 0.2) is 0 Å². The second-order valence-electron chi connectivity index (χ2n) is 7.44. The van der Waals surface area contributed by atoms with Gasteiger partial charge in [-0.3, -0.25) is 4.90 Å². The Kier molecular flexibility index (Phi) is 5.61. The lowest BCUT2D eigenvalue weighted by Gasteiger charge is -2.36. The average molecular weight is 416 g/mol. The predicted octanol–water partition coefficient (Wildman–Crippen LogP) is 6.34. The molecule has 1 saturated carbocycles. The number of benzene rings is 2. The molecule has 0 radical (unpaired) electrons. The molecule has 4 nitrogen and oxygen atoms in total. The van der Waals surface area contributed by atoms with Crippen LogP contribution in [0.4, 0.5) is 10.5 Å². The second-order valence-corrected chi connectivity index (χ2v) is 8.25. The van der Waals surface area contributed by atoms with Crippen LogP contribution in [0.25, 0.3) is 0 Å². The van der Waals surface area contributed by atoms with Crippen LogP contribution in [-0.4, -0.2) is 29.9 Å². The highest BCUT2D eigenvalue weighted by Gasteiger charge is 2.40. The van der Waals surface area contributed by atoms with Crippen molar-refractivity contribution in [2.24, 2.45) is 4.99 Å². The summed E-state index contributed by atoms with van der Waals surface area (Å²) < 4.78 is 0. The Labute approximate surface area is 175 Å². The maximum Gasteiger partial charge on any atom is 0.350 e. The van der Waals surface area contributed by atoms with Crippen molar-refractivity contribution in [3.8, 4) is 0 Å². The average Bonchev–Trinajstić information content (AvgIpc) is 3.08. The first-order valence-corrected chi connectivity index (χ1v) is 10.5. The third-order valence-electron chi connectivity index (χ3n) is 5.70. The Morgan fingerprint density at radius 1 is 1.00 bits per heavy atom. The molecule has 1 aliphatic heterocycles. The van der Waals surface area contributed by atoms with Crippen molar-refractivity contribution in [3.63, 3.8) is 0 Å². The number of anilines is 1. The summed E-state index contributed by atoms with van der Waals surface area (Å²) in [6, 6.07) is 15.2. The molecule has 1 unspecified atom stereocenters. The molecule has 1 atom stereocenters. The van der Waals surface area contributed by atoms with Crippen LogP contribution in [-0.2, 0) is 0 Å². The Bertz CT molecular complexity index is 894. The molecular weight excluding hydrogens is 393 g/mol. The first kappa shape index (κ1) is 19.3. The SMILES string of the molecule is CN(C1=NC(=O)N(c2ccc(Cl)c(Cl)c2)C1c1ccccc1)C1CCCCC1. The maximum absolute atomic E-state index is 13.0. The summed E-state index contributed by atoms with van der Waals surface area (Å²) in [6.45, 7) is 0. The number of halogens is 2. The summed E-state index contributed by atoms with van der Waals surface area (Å²) in [5.74, 6) is 0.800. The van der Waals surface area contributed by atoms with E-state index in [0.29, 0.717) is 21.8 Å². The fraction of sp³-hybridized carbons (Fsp3) is 0.364. The highest BCUT2D eigenvalue weighted by atomic mass is 35.5. The highest BCUT2D eigenvalue weighted by molar-refractivity contribution is 6.42. The van der Waals surface area contributed by atoms with Crippen molar-refractivity contribution < 1.29 is 4.79 Å². The van der Waals surface area contributed by atoms with Gasteiger partial charge in [-0.1, -0.05) is 72.8 Å². The van der Waals surface area contributed by atoms with Crippen molar-refractivity contribution in [2.75, 3.05) is 11.9 Å². The lowest BCUT2D eigenvalue weighted by atomic mass is 9.93. The molecule has 1 fully saturated rings. The van der Waals surface area contributed by atoms with E-state index in [1.165, 1.54) is 19.3 Å². The first-order valence-electron chi connectivity index (χ1n) is 9.71. The van der Waals surface area contributed by atoms with Gasteiger partial charge in [-0.2, -0.15) is 4.99 Å².